The van der Waals surface area contributed by atoms with E-state index in [1.165, 1.54) is 6.07 Å². The fourth-order valence-electron chi connectivity index (χ4n) is 3.07. The highest BCUT2D eigenvalue weighted by atomic mass is 127. The molecule has 0 saturated heterocycles. The molecule has 4 rings (SSSR count). The van der Waals surface area contributed by atoms with E-state index in [4.69, 9.17) is 9.47 Å². The molecule has 0 radical (unpaired) electrons. The average Bonchev–Trinajstić information content (AvgIpc) is 3.14. The Morgan fingerprint density at radius 1 is 1.12 bits per heavy atom. The number of nitro benzene ring substituents is 1. The first kappa shape index (κ1) is 21.7. The zero-order valence-corrected chi connectivity index (χ0v) is 19.1. The predicted molar refractivity (Wildman–Crippen MR) is 128 cm³/mol. The van der Waals surface area contributed by atoms with Crippen LogP contribution in [0.2, 0.25) is 0 Å². The second-order valence-electron chi connectivity index (χ2n) is 7.08. The number of hydrogen-bond donors (Lipinski definition) is 0. The molecule has 0 aromatic heterocycles. The van der Waals surface area contributed by atoms with Crippen LogP contribution in [0.1, 0.15) is 22.3 Å². The van der Waals surface area contributed by atoms with Crippen LogP contribution in [0.5, 0.6) is 5.75 Å². The third-order valence-electron chi connectivity index (χ3n) is 4.75. The molecule has 3 aromatic carbocycles. The third kappa shape index (κ3) is 5.02. The predicted octanol–water partition coefficient (Wildman–Crippen LogP) is 5.43. The van der Waals surface area contributed by atoms with Crippen LogP contribution in [-0.2, 0) is 16.1 Å². The standard InChI is InChI=1S/C24H17IN2O5/c1-15-5-8-18(13-22(15)27(29)30)23-26-21(24(28)32-23)12-17-3-2-4-20(11-17)31-14-16-6-9-19(25)10-7-16/h2-13H,14H2,1H3/b21-12-. The summed E-state index contributed by atoms with van der Waals surface area (Å²) in [5.74, 6) is 0.0755. The van der Waals surface area contributed by atoms with Crippen molar-refractivity contribution in [1.29, 1.82) is 0 Å². The highest BCUT2D eigenvalue weighted by Crippen LogP contribution is 2.25. The van der Waals surface area contributed by atoms with E-state index in [1.54, 1.807) is 31.2 Å². The monoisotopic (exact) mass is 540 g/mol. The van der Waals surface area contributed by atoms with Crippen LogP contribution in [0.25, 0.3) is 6.08 Å². The molecule has 8 heteroatoms. The van der Waals surface area contributed by atoms with Gasteiger partial charge in [0, 0.05) is 20.8 Å². The third-order valence-corrected chi connectivity index (χ3v) is 5.47. The van der Waals surface area contributed by atoms with Gasteiger partial charge in [-0.2, -0.15) is 0 Å². The van der Waals surface area contributed by atoms with E-state index in [9.17, 15) is 14.9 Å². The van der Waals surface area contributed by atoms with Gasteiger partial charge < -0.3 is 9.47 Å². The summed E-state index contributed by atoms with van der Waals surface area (Å²) in [6.07, 6.45) is 1.59. The van der Waals surface area contributed by atoms with Gasteiger partial charge in [-0.15, -0.1) is 0 Å². The van der Waals surface area contributed by atoms with Crippen LogP contribution in [0.3, 0.4) is 0 Å². The zero-order valence-electron chi connectivity index (χ0n) is 16.9. The van der Waals surface area contributed by atoms with Crippen molar-refractivity contribution in [2.75, 3.05) is 0 Å². The number of rotatable bonds is 6. The van der Waals surface area contributed by atoms with E-state index in [2.05, 4.69) is 27.6 Å². The number of esters is 1. The minimum atomic E-state index is -0.617. The quantitative estimate of drug-likeness (QED) is 0.137. The molecule has 3 aromatic rings. The highest BCUT2D eigenvalue weighted by molar-refractivity contribution is 14.1. The summed E-state index contributed by atoms with van der Waals surface area (Å²) in [4.78, 5) is 27.2. The van der Waals surface area contributed by atoms with Gasteiger partial charge in [0.25, 0.3) is 5.69 Å². The van der Waals surface area contributed by atoms with Gasteiger partial charge >= 0.3 is 5.97 Å². The van der Waals surface area contributed by atoms with Crippen molar-refractivity contribution in [3.05, 3.63) is 108 Å². The molecule has 1 aliphatic heterocycles. The maximum Gasteiger partial charge on any atom is 0.363 e. The number of hydrogen-bond acceptors (Lipinski definition) is 6. The molecule has 1 heterocycles. The molecule has 0 saturated carbocycles. The molecular formula is C24H17IN2O5. The number of ether oxygens (including phenoxy) is 2. The lowest BCUT2D eigenvalue weighted by Gasteiger charge is -2.07. The summed E-state index contributed by atoms with van der Waals surface area (Å²) in [6.45, 7) is 2.07. The number of halogens is 1. The van der Waals surface area contributed by atoms with Gasteiger partial charge in [-0.25, -0.2) is 9.79 Å². The molecule has 0 atom stereocenters. The molecule has 0 aliphatic carbocycles. The molecular weight excluding hydrogens is 523 g/mol. The number of carbonyl (C=O) groups excluding carboxylic acids is 1. The Labute approximate surface area is 197 Å². The van der Waals surface area contributed by atoms with Gasteiger partial charge in [0.05, 0.1) is 4.92 Å². The van der Waals surface area contributed by atoms with Gasteiger partial charge in [-0.05, 0) is 77.0 Å². The molecule has 0 fully saturated rings. The second kappa shape index (κ2) is 9.31. The average molecular weight is 540 g/mol. The Kier molecular flexibility index (Phi) is 6.31. The Hall–Kier alpha value is -3.53. The number of carbonyl (C=O) groups is 1. The van der Waals surface area contributed by atoms with E-state index >= 15 is 0 Å². The van der Waals surface area contributed by atoms with Crippen LogP contribution in [0.4, 0.5) is 5.69 Å². The van der Waals surface area contributed by atoms with E-state index in [1.807, 2.05) is 42.5 Å². The lowest BCUT2D eigenvalue weighted by Crippen LogP contribution is -2.06. The molecule has 32 heavy (non-hydrogen) atoms. The highest BCUT2D eigenvalue weighted by Gasteiger charge is 2.25. The molecule has 7 nitrogen and oxygen atoms in total. The lowest BCUT2D eigenvalue weighted by molar-refractivity contribution is -0.385. The first-order valence-corrected chi connectivity index (χ1v) is 10.7. The van der Waals surface area contributed by atoms with Gasteiger partial charge in [-0.3, -0.25) is 10.1 Å². The summed E-state index contributed by atoms with van der Waals surface area (Å²) >= 11 is 2.25. The minimum absolute atomic E-state index is 0.0375. The first-order chi connectivity index (χ1) is 15.4. The van der Waals surface area contributed by atoms with Crippen molar-refractivity contribution in [3.8, 4) is 5.75 Å². The van der Waals surface area contributed by atoms with Crippen LogP contribution < -0.4 is 4.74 Å². The van der Waals surface area contributed by atoms with E-state index in [0.29, 0.717) is 23.5 Å². The first-order valence-electron chi connectivity index (χ1n) is 9.64. The number of nitro groups is 1. The van der Waals surface area contributed by atoms with Crippen LogP contribution >= 0.6 is 22.6 Å². The van der Waals surface area contributed by atoms with Crippen LogP contribution in [-0.4, -0.2) is 16.8 Å². The van der Waals surface area contributed by atoms with Crippen molar-refractivity contribution in [3.63, 3.8) is 0 Å². The van der Waals surface area contributed by atoms with E-state index < -0.39 is 10.9 Å². The van der Waals surface area contributed by atoms with Crippen molar-refractivity contribution < 1.29 is 19.2 Å². The maximum atomic E-state index is 12.3. The van der Waals surface area contributed by atoms with Crippen molar-refractivity contribution in [1.82, 2.24) is 0 Å². The Balaban J connectivity index is 1.53. The van der Waals surface area contributed by atoms with Gasteiger partial charge in [0.1, 0.15) is 12.4 Å². The van der Waals surface area contributed by atoms with Crippen molar-refractivity contribution >= 4 is 46.2 Å². The number of aliphatic imine (C=N–C) groups is 1. The van der Waals surface area contributed by atoms with E-state index in [-0.39, 0.29) is 17.3 Å². The SMILES string of the molecule is Cc1ccc(C2=N/C(=C\c3cccc(OCc4ccc(I)cc4)c3)C(=O)O2)cc1[N+](=O)[O-]. The van der Waals surface area contributed by atoms with E-state index in [0.717, 1.165) is 14.7 Å². The largest absolute Gasteiger partial charge is 0.489 e. The van der Waals surface area contributed by atoms with Crippen molar-refractivity contribution in [2.24, 2.45) is 4.99 Å². The summed E-state index contributed by atoms with van der Waals surface area (Å²) in [6, 6.07) is 19.9. The zero-order chi connectivity index (χ0) is 22.7. The van der Waals surface area contributed by atoms with Crippen molar-refractivity contribution in [2.45, 2.75) is 13.5 Å². The Bertz CT molecular complexity index is 1270. The lowest BCUT2D eigenvalue weighted by atomic mass is 10.1. The molecule has 1 aliphatic rings. The summed E-state index contributed by atoms with van der Waals surface area (Å²) in [5, 5.41) is 11.2. The van der Waals surface area contributed by atoms with Gasteiger partial charge in [0.2, 0.25) is 5.90 Å². The number of cyclic esters (lactones) is 1. The summed E-state index contributed by atoms with van der Waals surface area (Å²) in [5.41, 5.74) is 2.71. The number of nitrogens with zero attached hydrogens (tertiary/aromatic N) is 2. The molecule has 0 N–H and O–H groups in total. The second-order valence-corrected chi connectivity index (χ2v) is 8.33. The fourth-order valence-corrected chi connectivity index (χ4v) is 3.43. The summed E-state index contributed by atoms with van der Waals surface area (Å²) in [7, 11) is 0. The molecule has 0 amide bonds. The molecule has 160 valence electrons. The molecule has 0 spiro atoms. The normalized spacial score (nSPS) is 14.2. The smallest absolute Gasteiger partial charge is 0.363 e. The summed E-state index contributed by atoms with van der Waals surface area (Å²) < 4.78 is 12.3. The van der Waals surface area contributed by atoms with Crippen LogP contribution in [0.15, 0.2) is 77.4 Å². The number of benzene rings is 3. The maximum absolute atomic E-state index is 12.3. The number of aryl methyl sites for hydroxylation is 1. The Morgan fingerprint density at radius 2 is 1.91 bits per heavy atom. The van der Waals surface area contributed by atoms with Gasteiger partial charge in [-0.1, -0.05) is 30.3 Å². The Morgan fingerprint density at radius 3 is 2.66 bits per heavy atom. The minimum Gasteiger partial charge on any atom is -0.489 e. The topological polar surface area (TPSA) is 91.0 Å². The fraction of sp³-hybridized carbons (Fsp3) is 0.0833. The molecule has 0 bridgehead atoms. The van der Waals surface area contributed by atoms with Crippen LogP contribution in [0, 0.1) is 20.6 Å². The van der Waals surface area contributed by atoms with Gasteiger partial charge in [0.15, 0.2) is 5.70 Å². The molecule has 0 unspecified atom stereocenters.